The standard InChI is InChI=1S/C21H25BN2/c1-21(2,3)24-15-14-23-20(24)22-16-19(17-10-6-4-7-11-17)18-12-8-5-9-13-18/h4-15,19,22H,16H2,1-3H3. The van der Waals surface area contributed by atoms with Gasteiger partial charge >= 0.3 is 0 Å². The van der Waals surface area contributed by atoms with Crippen LogP contribution in [0.1, 0.15) is 37.8 Å². The van der Waals surface area contributed by atoms with E-state index in [-0.39, 0.29) is 5.54 Å². The number of nitrogens with zero attached hydrogens (tertiary/aromatic N) is 2. The largest absolute Gasteiger partial charge is 0.338 e. The van der Waals surface area contributed by atoms with Crippen LogP contribution in [0.4, 0.5) is 0 Å². The Hall–Kier alpha value is -2.29. The molecule has 1 aromatic heterocycles. The molecule has 3 heteroatoms. The molecule has 2 nitrogen and oxygen atoms in total. The minimum atomic E-state index is 0.0703. The molecule has 0 saturated carbocycles. The zero-order valence-corrected chi connectivity index (χ0v) is 14.8. The Morgan fingerprint density at radius 2 is 1.46 bits per heavy atom. The molecule has 0 saturated heterocycles. The third kappa shape index (κ3) is 3.78. The van der Waals surface area contributed by atoms with E-state index in [2.05, 4.69) is 97.2 Å². The summed E-state index contributed by atoms with van der Waals surface area (Å²) in [7, 11) is 0.971. The third-order valence-electron chi connectivity index (χ3n) is 4.50. The van der Waals surface area contributed by atoms with Crippen molar-refractivity contribution in [1.82, 2.24) is 9.55 Å². The summed E-state index contributed by atoms with van der Waals surface area (Å²) in [5.41, 5.74) is 3.98. The van der Waals surface area contributed by atoms with E-state index in [1.54, 1.807) is 0 Å². The highest BCUT2D eigenvalue weighted by molar-refractivity contribution is 6.51. The van der Waals surface area contributed by atoms with E-state index < -0.39 is 0 Å². The summed E-state index contributed by atoms with van der Waals surface area (Å²) in [6.07, 6.45) is 5.07. The average molecular weight is 316 g/mol. The van der Waals surface area contributed by atoms with E-state index >= 15 is 0 Å². The maximum atomic E-state index is 4.60. The number of benzene rings is 2. The van der Waals surface area contributed by atoms with Crippen LogP contribution in [0, 0.1) is 0 Å². The highest BCUT2D eigenvalue weighted by Crippen LogP contribution is 2.28. The molecule has 0 unspecified atom stereocenters. The molecule has 0 atom stereocenters. The zero-order valence-electron chi connectivity index (χ0n) is 14.8. The maximum Gasteiger partial charge on any atom is 0.205 e. The average Bonchev–Trinajstić information content (AvgIpc) is 3.06. The predicted octanol–water partition coefficient (Wildman–Crippen LogP) is 3.95. The van der Waals surface area contributed by atoms with Crippen molar-refractivity contribution in [3.63, 3.8) is 0 Å². The Kier molecular flexibility index (Phi) is 4.89. The second-order valence-electron chi connectivity index (χ2n) is 7.30. The normalized spacial score (nSPS) is 11.7. The van der Waals surface area contributed by atoms with Gasteiger partial charge in [0.15, 0.2) is 0 Å². The van der Waals surface area contributed by atoms with E-state index in [1.807, 2.05) is 6.20 Å². The van der Waals surface area contributed by atoms with Crippen molar-refractivity contribution in [3.8, 4) is 0 Å². The summed E-state index contributed by atoms with van der Waals surface area (Å²) in [6.45, 7) is 6.68. The van der Waals surface area contributed by atoms with Gasteiger partial charge in [-0.3, -0.25) is 4.98 Å². The van der Waals surface area contributed by atoms with Crippen LogP contribution in [-0.2, 0) is 5.54 Å². The molecule has 2 aromatic carbocycles. The number of hydrogen-bond acceptors (Lipinski definition) is 1. The van der Waals surface area contributed by atoms with Crippen LogP contribution < -0.4 is 5.72 Å². The van der Waals surface area contributed by atoms with Crippen molar-refractivity contribution in [1.29, 1.82) is 0 Å². The zero-order chi connectivity index (χ0) is 17.0. The van der Waals surface area contributed by atoms with Crippen molar-refractivity contribution in [3.05, 3.63) is 84.2 Å². The molecule has 0 N–H and O–H groups in total. The lowest BCUT2D eigenvalue weighted by Gasteiger charge is -2.24. The van der Waals surface area contributed by atoms with Gasteiger partial charge in [0, 0.05) is 23.9 Å². The van der Waals surface area contributed by atoms with Gasteiger partial charge in [-0.1, -0.05) is 67.0 Å². The third-order valence-corrected chi connectivity index (χ3v) is 4.50. The number of hydrogen-bond donors (Lipinski definition) is 0. The van der Waals surface area contributed by atoms with Crippen LogP contribution >= 0.6 is 0 Å². The molecule has 0 aliphatic rings. The molecule has 0 fully saturated rings. The van der Waals surface area contributed by atoms with E-state index in [0.29, 0.717) is 5.92 Å². The molecule has 0 aliphatic carbocycles. The van der Waals surface area contributed by atoms with Gasteiger partial charge in [-0.25, -0.2) is 0 Å². The molecule has 0 radical (unpaired) electrons. The maximum absolute atomic E-state index is 4.60. The highest BCUT2D eigenvalue weighted by Gasteiger charge is 2.20. The van der Waals surface area contributed by atoms with Gasteiger partial charge in [-0.2, -0.15) is 0 Å². The van der Waals surface area contributed by atoms with Crippen LogP contribution in [0.3, 0.4) is 0 Å². The first-order valence-corrected chi connectivity index (χ1v) is 8.68. The van der Waals surface area contributed by atoms with Crippen molar-refractivity contribution in [2.75, 3.05) is 0 Å². The topological polar surface area (TPSA) is 17.8 Å². The Labute approximate surface area is 145 Å². The Bertz CT molecular complexity index is 718. The lowest BCUT2D eigenvalue weighted by Crippen LogP contribution is -2.36. The summed E-state index contributed by atoms with van der Waals surface area (Å²) in [5, 5.41) is 0. The van der Waals surface area contributed by atoms with E-state index in [1.165, 1.54) is 16.9 Å². The first-order chi connectivity index (χ1) is 11.6. The summed E-state index contributed by atoms with van der Waals surface area (Å²) in [6, 6.07) is 21.6. The Morgan fingerprint density at radius 3 is 1.96 bits per heavy atom. The lowest BCUT2D eigenvalue weighted by molar-refractivity contribution is 0.406. The van der Waals surface area contributed by atoms with Crippen LogP contribution in [0.5, 0.6) is 0 Å². The minimum Gasteiger partial charge on any atom is -0.338 e. The first-order valence-electron chi connectivity index (χ1n) is 8.68. The molecule has 1 heterocycles. The van der Waals surface area contributed by atoms with Gasteiger partial charge in [-0.15, -0.1) is 0 Å². The van der Waals surface area contributed by atoms with Crippen LogP contribution in [-0.4, -0.2) is 16.8 Å². The molecule has 0 spiro atoms. The minimum absolute atomic E-state index is 0.0703. The molecule has 3 rings (SSSR count). The quantitative estimate of drug-likeness (QED) is 0.652. The fourth-order valence-corrected chi connectivity index (χ4v) is 3.30. The van der Waals surface area contributed by atoms with E-state index in [4.69, 9.17) is 0 Å². The van der Waals surface area contributed by atoms with Crippen LogP contribution in [0.15, 0.2) is 73.1 Å². The second kappa shape index (κ2) is 7.08. The van der Waals surface area contributed by atoms with Gasteiger partial charge in [0.25, 0.3) is 0 Å². The van der Waals surface area contributed by atoms with Crippen LogP contribution in [0.2, 0.25) is 6.32 Å². The summed E-state index contributed by atoms with van der Waals surface area (Å²) < 4.78 is 2.29. The highest BCUT2D eigenvalue weighted by atomic mass is 15.1. The Morgan fingerprint density at radius 1 is 0.917 bits per heavy atom. The number of rotatable bonds is 5. The molecule has 24 heavy (non-hydrogen) atoms. The van der Waals surface area contributed by atoms with E-state index in [9.17, 15) is 0 Å². The van der Waals surface area contributed by atoms with Gasteiger partial charge in [0.2, 0.25) is 7.28 Å². The van der Waals surface area contributed by atoms with Gasteiger partial charge < -0.3 is 4.57 Å². The molecule has 0 amide bonds. The lowest BCUT2D eigenvalue weighted by atomic mass is 9.65. The summed E-state index contributed by atoms with van der Waals surface area (Å²) in [4.78, 5) is 4.60. The Balaban J connectivity index is 1.85. The van der Waals surface area contributed by atoms with Crippen molar-refractivity contribution >= 4 is 13.0 Å². The SMILES string of the molecule is CC(C)(C)n1ccnc1BCC(c1ccccc1)c1ccccc1. The van der Waals surface area contributed by atoms with Gasteiger partial charge in [0.05, 0.1) is 5.72 Å². The fraction of sp³-hybridized carbons (Fsp3) is 0.286. The predicted molar refractivity (Wildman–Crippen MR) is 104 cm³/mol. The fourth-order valence-electron chi connectivity index (χ4n) is 3.30. The van der Waals surface area contributed by atoms with Gasteiger partial charge in [0.1, 0.15) is 0 Å². The molecule has 122 valence electrons. The monoisotopic (exact) mass is 316 g/mol. The number of aromatic nitrogens is 2. The first kappa shape index (κ1) is 16.6. The van der Waals surface area contributed by atoms with Crippen molar-refractivity contribution in [2.24, 2.45) is 0 Å². The number of imidazole rings is 1. The summed E-state index contributed by atoms with van der Waals surface area (Å²) in [5.74, 6) is 0.400. The smallest absolute Gasteiger partial charge is 0.205 e. The van der Waals surface area contributed by atoms with Gasteiger partial charge in [-0.05, 0) is 31.9 Å². The van der Waals surface area contributed by atoms with E-state index in [0.717, 1.165) is 13.6 Å². The summed E-state index contributed by atoms with van der Waals surface area (Å²) >= 11 is 0. The molecular weight excluding hydrogens is 291 g/mol. The van der Waals surface area contributed by atoms with Crippen molar-refractivity contribution in [2.45, 2.75) is 38.5 Å². The second-order valence-corrected chi connectivity index (χ2v) is 7.30. The molecular formula is C21H25BN2. The van der Waals surface area contributed by atoms with Crippen LogP contribution in [0.25, 0.3) is 0 Å². The van der Waals surface area contributed by atoms with Crippen molar-refractivity contribution < 1.29 is 0 Å². The molecule has 3 aromatic rings. The molecule has 0 bridgehead atoms. The molecule has 0 aliphatic heterocycles.